The van der Waals surface area contributed by atoms with E-state index < -0.39 is 9.73 Å². The fourth-order valence-electron chi connectivity index (χ4n) is 3.47. The van der Waals surface area contributed by atoms with Crippen LogP contribution in [-0.2, 0) is 16.3 Å². The van der Waals surface area contributed by atoms with Gasteiger partial charge in [0.2, 0.25) is 5.16 Å². The Kier molecular flexibility index (Phi) is 5.85. The Balaban J connectivity index is 2.07. The fourth-order valence-corrected chi connectivity index (χ4v) is 4.70. The molecule has 27 heavy (non-hydrogen) atoms. The first kappa shape index (κ1) is 19.8. The first-order chi connectivity index (χ1) is 12.9. The summed E-state index contributed by atoms with van der Waals surface area (Å²) in [6.07, 6.45) is 2.71. The van der Waals surface area contributed by atoms with Crippen molar-refractivity contribution in [2.45, 2.75) is 57.8 Å². The highest BCUT2D eigenvalue weighted by molar-refractivity contribution is 7.92. The number of piperidine rings is 1. The molecule has 1 fully saturated rings. The number of anilines is 1. The third-order valence-electron chi connectivity index (χ3n) is 4.94. The number of H-pyrrole nitrogens is 1. The summed E-state index contributed by atoms with van der Waals surface area (Å²) in [6.45, 7) is 7.94. The number of nitrogens with zero attached hydrogens (tertiary/aromatic N) is 3. The molecule has 0 spiro atoms. The Morgan fingerprint density at radius 1 is 1.33 bits per heavy atom. The van der Waals surface area contributed by atoms with E-state index in [0.717, 1.165) is 19.4 Å². The van der Waals surface area contributed by atoms with Crippen LogP contribution in [-0.4, -0.2) is 48.6 Å². The van der Waals surface area contributed by atoms with Crippen molar-refractivity contribution in [3.05, 3.63) is 10.5 Å². The SMILES string of the molecule is CCCS(=N)(=O)c1nc(NCC)c2[nH]c(=O)n(CC3CCC(C)NC3)c2n1. The van der Waals surface area contributed by atoms with Gasteiger partial charge in [-0.25, -0.2) is 18.8 Å². The van der Waals surface area contributed by atoms with E-state index in [1.807, 2.05) is 13.8 Å². The fraction of sp³-hybridized carbons (Fsp3) is 0.706. The van der Waals surface area contributed by atoms with E-state index in [1.165, 1.54) is 0 Å². The second-order valence-corrected chi connectivity index (χ2v) is 9.38. The zero-order valence-corrected chi connectivity index (χ0v) is 17.0. The highest BCUT2D eigenvalue weighted by atomic mass is 32.2. The van der Waals surface area contributed by atoms with Crippen molar-refractivity contribution in [3.8, 4) is 0 Å². The maximum absolute atomic E-state index is 12.7. The van der Waals surface area contributed by atoms with Crippen LogP contribution in [0.2, 0.25) is 0 Å². The number of aromatic nitrogens is 4. The van der Waals surface area contributed by atoms with Crippen LogP contribution >= 0.6 is 0 Å². The lowest BCUT2D eigenvalue weighted by Gasteiger charge is -2.27. The van der Waals surface area contributed by atoms with Crippen LogP contribution < -0.4 is 16.3 Å². The highest BCUT2D eigenvalue weighted by Gasteiger charge is 2.23. The number of imidazole rings is 1. The smallest absolute Gasteiger partial charge is 0.327 e. The summed E-state index contributed by atoms with van der Waals surface area (Å²) in [5.41, 5.74) is 0.686. The van der Waals surface area contributed by atoms with Crippen molar-refractivity contribution in [3.63, 3.8) is 0 Å². The Labute approximate surface area is 159 Å². The molecular formula is C17H29N7O2S. The van der Waals surface area contributed by atoms with Crippen LogP contribution in [0, 0.1) is 10.7 Å². The predicted molar refractivity (Wildman–Crippen MR) is 107 cm³/mol. The molecule has 1 aliphatic heterocycles. The second kappa shape index (κ2) is 7.97. The molecule has 1 saturated heterocycles. The largest absolute Gasteiger partial charge is 0.368 e. The third kappa shape index (κ3) is 4.16. The number of rotatable bonds is 7. The van der Waals surface area contributed by atoms with Gasteiger partial charge in [0.05, 0.1) is 0 Å². The number of fused-ring (bicyclic) bond motifs is 1. The zero-order chi connectivity index (χ0) is 19.6. The van der Waals surface area contributed by atoms with Gasteiger partial charge in [-0.15, -0.1) is 0 Å². The maximum atomic E-state index is 12.7. The number of aromatic amines is 1. The Morgan fingerprint density at radius 2 is 2.11 bits per heavy atom. The normalized spacial score (nSPS) is 22.6. The third-order valence-corrected chi connectivity index (χ3v) is 6.69. The molecule has 0 saturated carbocycles. The minimum absolute atomic E-state index is 0.00376. The summed E-state index contributed by atoms with van der Waals surface area (Å²) in [5.74, 6) is 0.957. The van der Waals surface area contributed by atoms with Crippen molar-refractivity contribution >= 4 is 26.7 Å². The van der Waals surface area contributed by atoms with Gasteiger partial charge in [-0.2, -0.15) is 4.98 Å². The van der Waals surface area contributed by atoms with Gasteiger partial charge in [-0.05, 0) is 45.6 Å². The molecule has 3 atom stereocenters. The molecule has 2 aromatic rings. The Morgan fingerprint density at radius 3 is 2.74 bits per heavy atom. The van der Waals surface area contributed by atoms with Gasteiger partial charge in [-0.3, -0.25) is 4.57 Å². The standard InChI is InChI=1S/C17H29N7O2S/c1-4-8-27(18,26)16-22-14(19-5-2)13-15(23-16)24(17(25)21-13)10-12-7-6-11(3)20-9-12/h11-12,18,20H,4-10H2,1-3H3,(H,21,25)(H,19,22,23). The van der Waals surface area contributed by atoms with Crippen molar-refractivity contribution in [1.29, 1.82) is 4.78 Å². The van der Waals surface area contributed by atoms with Gasteiger partial charge < -0.3 is 15.6 Å². The van der Waals surface area contributed by atoms with E-state index in [9.17, 15) is 9.00 Å². The lowest BCUT2D eigenvalue weighted by atomic mass is 9.95. The molecule has 0 aromatic carbocycles. The second-order valence-electron chi connectivity index (χ2n) is 7.26. The molecule has 3 heterocycles. The van der Waals surface area contributed by atoms with E-state index in [-0.39, 0.29) is 16.6 Å². The lowest BCUT2D eigenvalue weighted by Crippen LogP contribution is -2.39. The van der Waals surface area contributed by atoms with E-state index in [4.69, 9.17) is 4.78 Å². The molecule has 0 bridgehead atoms. The van der Waals surface area contributed by atoms with E-state index in [0.29, 0.717) is 48.5 Å². The molecule has 0 amide bonds. The molecule has 9 nitrogen and oxygen atoms in total. The van der Waals surface area contributed by atoms with E-state index in [1.54, 1.807) is 4.57 Å². The van der Waals surface area contributed by atoms with Crippen LogP contribution in [0.15, 0.2) is 9.95 Å². The topological polar surface area (TPSA) is 129 Å². The number of nitrogens with one attached hydrogen (secondary N) is 4. The molecule has 2 aromatic heterocycles. The summed E-state index contributed by atoms with van der Waals surface area (Å²) in [6, 6.07) is 0.497. The number of hydrogen-bond donors (Lipinski definition) is 4. The molecule has 3 unspecified atom stereocenters. The molecule has 4 N–H and O–H groups in total. The summed E-state index contributed by atoms with van der Waals surface area (Å²) in [7, 11) is -3.09. The maximum Gasteiger partial charge on any atom is 0.327 e. The van der Waals surface area contributed by atoms with Crippen molar-refractivity contribution in [2.24, 2.45) is 5.92 Å². The first-order valence-electron chi connectivity index (χ1n) is 9.60. The minimum atomic E-state index is -3.09. The van der Waals surface area contributed by atoms with Crippen LogP contribution in [0.1, 0.15) is 40.0 Å². The Hall–Kier alpha value is -1.94. The highest BCUT2D eigenvalue weighted by Crippen LogP contribution is 2.22. The molecule has 10 heteroatoms. The first-order valence-corrected chi connectivity index (χ1v) is 11.3. The van der Waals surface area contributed by atoms with Crippen LogP contribution in [0.4, 0.5) is 5.82 Å². The van der Waals surface area contributed by atoms with E-state index in [2.05, 4.69) is 32.5 Å². The van der Waals surface area contributed by atoms with Crippen LogP contribution in [0.3, 0.4) is 0 Å². The molecule has 0 aliphatic carbocycles. The monoisotopic (exact) mass is 395 g/mol. The average Bonchev–Trinajstić information content (AvgIpc) is 2.93. The van der Waals surface area contributed by atoms with Crippen molar-refractivity contribution < 1.29 is 4.21 Å². The van der Waals surface area contributed by atoms with Crippen LogP contribution in [0.5, 0.6) is 0 Å². The molecule has 1 aliphatic rings. The Bertz CT molecular complexity index is 956. The number of hydrogen-bond acceptors (Lipinski definition) is 7. The zero-order valence-electron chi connectivity index (χ0n) is 16.2. The van der Waals surface area contributed by atoms with Gasteiger partial charge in [0, 0.05) is 24.9 Å². The molecule has 150 valence electrons. The van der Waals surface area contributed by atoms with Crippen LogP contribution in [0.25, 0.3) is 11.2 Å². The van der Waals surface area contributed by atoms with Crippen molar-refractivity contribution in [1.82, 2.24) is 24.8 Å². The average molecular weight is 396 g/mol. The predicted octanol–water partition coefficient (Wildman–Crippen LogP) is 1.76. The summed E-state index contributed by atoms with van der Waals surface area (Å²) in [5, 5.41) is 6.55. The molecule has 0 radical (unpaired) electrons. The quantitative estimate of drug-likeness (QED) is 0.529. The molecule has 3 rings (SSSR count). The summed E-state index contributed by atoms with van der Waals surface area (Å²) < 4.78 is 22.5. The van der Waals surface area contributed by atoms with Crippen molar-refractivity contribution in [2.75, 3.05) is 24.2 Å². The lowest BCUT2D eigenvalue weighted by molar-refractivity contribution is 0.294. The summed E-state index contributed by atoms with van der Waals surface area (Å²) in [4.78, 5) is 24.1. The minimum Gasteiger partial charge on any atom is -0.368 e. The van der Waals surface area contributed by atoms with Gasteiger partial charge in [0.25, 0.3) is 0 Å². The van der Waals surface area contributed by atoms with Gasteiger partial charge in [0.15, 0.2) is 11.5 Å². The van der Waals surface area contributed by atoms with E-state index >= 15 is 0 Å². The summed E-state index contributed by atoms with van der Waals surface area (Å²) >= 11 is 0. The van der Waals surface area contributed by atoms with Gasteiger partial charge in [0.1, 0.15) is 15.2 Å². The van der Waals surface area contributed by atoms with Gasteiger partial charge in [-0.1, -0.05) is 6.92 Å². The molecular weight excluding hydrogens is 366 g/mol. The van der Waals surface area contributed by atoms with Gasteiger partial charge >= 0.3 is 5.69 Å².